The van der Waals surface area contributed by atoms with E-state index in [2.05, 4.69) is 33.0 Å². The van der Waals surface area contributed by atoms with Crippen molar-refractivity contribution in [2.45, 2.75) is 24.0 Å². The van der Waals surface area contributed by atoms with Crippen molar-refractivity contribution in [3.8, 4) is 5.75 Å². The maximum absolute atomic E-state index is 12.2. The summed E-state index contributed by atoms with van der Waals surface area (Å²) in [6.45, 7) is 0. The van der Waals surface area contributed by atoms with Crippen molar-refractivity contribution in [2.75, 3.05) is 18.2 Å². The van der Waals surface area contributed by atoms with Gasteiger partial charge in [-0.05, 0) is 59.4 Å². The Morgan fingerprint density at radius 1 is 1.32 bits per heavy atom. The number of allylic oxidation sites excluding steroid dienone is 2. The molecule has 4 rings (SSSR count). The van der Waals surface area contributed by atoms with Crippen molar-refractivity contribution < 1.29 is 9.53 Å². The lowest BCUT2D eigenvalue weighted by Gasteiger charge is -2.18. The molecule has 0 unspecified atom stereocenters. The summed E-state index contributed by atoms with van der Waals surface area (Å²) >= 11 is 1.37. The average Bonchev–Trinajstić information content (AvgIpc) is 3.36. The van der Waals surface area contributed by atoms with Crippen molar-refractivity contribution in [3.05, 3.63) is 36.4 Å². The van der Waals surface area contributed by atoms with Crippen LogP contribution in [0.3, 0.4) is 0 Å². The second-order valence-electron chi connectivity index (χ2n) is 6.32. The molecule has 1 aromatic heterocycles. The number of amides is 1. The fourth-order valence-corrected chi connectivity index (χ4v) is 4.25. The topological polar surface area (TPSA) is 81.9 Å². The first-order valence-electron chi connectivity index (χ1n) is 8.26. The van der Waals surface area contributed by atoms with Crippen molar-refractivity contribution >= 4 is 23.4 Å². The van der Waals surface area contributed by atoms with E-state index in [1.165, 1.54) is 18.2 Å². The van der Waals surface area contributed by atoms with Crippen LogP contribution >= 0.6 is 11.8 Å². The molecule has 8 heteroatoms. The zero-order chi connectivity index (χ0) is 17.2. The number of nitrogens with one attached hydrogen (secondary N) is 1. The summed E-state index contributed by atoms with van der Waals surface area (Å²) in [5.74, 6) is 2.10. The smallest absolute Gasteiger partial charge is 0.234 e. The number of thioether (sulfide) groups is 1. The van der Waals surface area contributed by atoms with Gasteiger partial charge in [-0.2, -0.15) is 0 Å². The van der Waals surface area contributed by atoms with Gasteiger partial charge >= 0.3 is 0 Å². The molecule has 1 saturated carbocycles. The highest BCUT2D eigenvalue weighted by molar-refractivity contribution is 7.99. The van der Waals surface area contributed by atoms with Crippen LogP contribution in [-0.4, -0.2) is 39.0 Å². The molecule has 1 heterocycles. The van der Waals surface area contributed by atoms with Gasteiger partial charge in [-0.25, -0.2) is 4.68 Å². The molecule has 130 valence electrons. The molecule has 2 aliphatic carbocycles. The van der Waals surface area contributed by atoms with E-state index < -0.39 is 0 Å². The fourth-order valence-electron chi connectivity index (χ4n) is 3.52. The number of ether oxygens (including phenoxy) is 1. The van der Waals surface area contributed by atoms with Gasteiger partial charge in [-0.15, -0.1) is 5.10 Å². The summed E-state index contributed by atoms with van der Waals surface area (Å²) in [6, 6.07) is 7.56. The molecule has 0 spiro atoms. The number of tetrazole rings is 1. The summed E-state index contributed by atoms with van der Waals surface area (Å²) in [4.78, 5) is 12.2. The molecule has 2 bridgehead atoms. The minimum atomic E-state index is -0.0856. The van der Waals surface area contributed by atoms with Crippen LogP contribution in [0.2, 0.25) is 0 Å². The van der Waals surface area contributed by atoms with Crippen molar-refractivity contribution in [2.24, 2.45) is 11.8 Å². The van der Waals surface area contributed by atoms with Crippen LogP contribution in [-0.2, 0) is 4.79 Å². The molecule has 2 aliphatic rings. The van der Waals surface area contributed by atoms with E-state index in [4.69, 9.17) is 4.74 Å². The van der Waals surface area contributed by atoms with E-state index in [-0.39, 0.29) is 11.7 Å². The zero-order valence-corrected chi connectivity index (χ0v) is 14.6. The first-order chi connectivity index (χ1) is 12.2. The van der Waals surface area contributed by atoms with E-state index in [9.17, 15) is 4.79 Å². The third-order valence-corrected chi connectivity index (χ3v) is 5.66. The van der Waals surface area contributed by atoms with Crippen molar-refractivity contribution in [3.63, 3.8) is 0 Å². The number of fused-ring (bicyclic) bond motifs is 2. The van der Waals surface area contributed by atoms with Gasteiger partial charge in [0.25, 0.3) is 0 Å². The van der Waals surface area contributed by atoms with Crippen LogP contribution in [0.4, 0.5) is 5.69 Å². The van der Waals surface area contributed by atoms with E-state index in [1.807, 2.05) is 28.9 Å². The molecule has 7 nitrogen and oxygen atoms in total. The average molecular weight is 357 g/mol. The summed E-state index contributed by atoms with van der Waals surface area (Å²) in [6.07, 6.45) is 6.83. The summed E-state index contributed by atoms with van der Waals surface area (Å²) < 4.78 is 7.00. The van der Waals surface area contributed by atoms with Gasteiger partial charge in [0, 0.05) is 5.69 Å². The Morgan fingerprint density at radius 2 is 2.16 bits per heavy atom. The molecule has 25 heavy (non-hydrogen) atoms. The molecular weight excluding hydrogens is 338 g/mol. The molecule has 1 fully saturated rings. The maximum atomic E-state index is 12.2. The highest BCUT2D eigenvalue weighted by Crippen LogP contribution is 2.46. The van der Waals surface area contributed by atoms with Crippen molar-refractivity contribution in [1.29, 1.82) is 0 Å². The Morgan fingerprint density at radius 3 is 2.84 bits per heavy atom. The van der Waals surface area contributed by atoms with Crippen LogP contribution in [0.5, 0.6) is 5.75 Å². The number of rotatable bonds is 6. The standard InChI is InChI=1S/C17H19N5O2S/c1-24-14-6-4-13(5-7-14)18-16(23)10-25-17-19-20-21-22(17)15-9-11-2-3-12(15)8-11/h2-7,11-12,15H,8-10H2,1H3,(H,18,23)/t11-,12+,15-/m1/s1. The SMILES string of the molecule is COc1ccc(NC(=O)CSc2nnnn2[C@@H]2C[C@@H]3C=C[C@H]2C3)cc1. The van der Waals surface area contributed by atoms with Crippen molar-refractivity contribution in [1.82, 2.24) is 20.2 Å². The summed E-state index contributed by atoms with van der Waals surface area (Å²) in [7, 11) is 1.61. The highest BCUT2D eigenvalue weighted by Gasteiger charge is 2.38. The molecule has 0 aliphatic heterocycles. The normalized spacial score (nSPS) is 23.8. The number of hydrogen-bond acceptors (Lipinski definition) is 6. The molecule has 3 atom stereocenters. The van der Waals surface area contributed by atoms with E-state index >= 15 is 0 Å². The molecule has 0 radical (unpaired) electrons. The van der Waals surface area contributed by atoms with Gasteiger partial charge < -0.3 is 10.1 Å². The lowest BCUT2D eigenvalue weighted by Crippen LogP contribution is -2.18. The number of carbonyl (C=O) groups is 1. The van der Waals surface area contributed by atoms with E-state index in [0.717, 1.165) is 17.9 Å². The largest absolute Gasteiger partial charge is 0.497 e. The Balaban J connectivity index is 1.34. The van der Waals surface area contributed by atoms with Crippen LogP contribution in [0.1, 0.15) is 18.9 Å². The fraction of sp³-hybridized carbons (Fsp3) is 0.412. The monoisotopic (exact) mass is 357 g/mol. The maximum Gasteiger partial charge on any atom is 0.234 e. The van der Waals surface area contributed by atoms with E-state index in [1.54, 1.807) is 7.11 Å². The predicted octanol–water partition coefficient (Wildman–Crippen LogP) is 2.55. The Labute approximate surface area is 149 Å². The second kappa shape index (κ2) is 6.87. The van der Waals surface area contributed by atoms with Crippen LogP contribution in [0.15, 0.2) is 41.6 Å². The van der Waals surface area contributed by atoms with E-state index in [0.29, 0.717) is 23.0 Å². The molecule has 1 N–H and O–H groups in total. The number of methoxy groups -OCH3 is 1. The minimum absolute atomic E-state index is 0.0856. The van der Waals surface area contributed by atoms with Gasteiger partial charge in [0.1, 0.15) is 5.75 Å². The minimum Gasteiger partial charge on any atom is -0.497 e. The molecule has 1 amide bonds. The van der Waals surface area contributed by atoms with Gasteiger partial charge in [0.05, 0.1) is 18.9 Å². The number of carbonyl (C=O) groups excluding carboxylic acids is 1. The molecular formula is C17H19N5O2S. The van der Waals surface area contributed by atoms with Gasteiger partial charge in [0.2, 0.25) is 11.1 Å². The molecule has 0 saturated heterocycles. The first-order valence-corrected chi connectivity index (χ1v) is 9.24. The second-order valence-corrected chi connectivity index (χ2v) is 7.26. The van der Waals surface area contributed by atoms with Crippen LogP contribution in [0.25, 0.3) is 0 Å². The van der Waals surface area contributed by atoms with Crippen LogP contribution < -0.4 is 10.1 Å². The first kappa shape index (κ1) is 16.1. The number of hydrogen-bond donors (Lipinski definition) is 1. The molecule has 2 aromatic rings. The Hall–Kier alpha value is -2.35. The van der Waals surface area contributed by atoms with Gasteiger partial charge in [-0.3, -0.25) is 4.79 Å². The molecule has 1 aromatic carbocycles. The van der Waals surface area contributed by atoms with Gasteiger partial charge in [0.15, 0.2) is 0 Å². The lowest BCUT2D eigenvalue weighted by atomic mass is 10.0. The lowest BCUT2D eigenvalue weighted by molar-refractivity contribution is -0.113. The van der Waals surface area contributed by atoms with Crippen LogP contribution in [0, 0.1) is 11.8 Å². The number of nitrogens with zero attached hydrogens (tertiary/aromatic N) is 4. The Kier molecular flexibility index (Phi) is 4.44. The summed E-state index contributed by atoms with van der Waals surface area (Å²) in [5, 5.41) is 15.6. The third-order valence-electron chi connectivity index (χ3n) is 4.73. The predicted molar refractivity (Wildman–Crippen MR) is 94.6 cm³/mol. The quantitative estimate of drug-likeness (QED) is 0.632. The third kappa shape index (κ3) is 3.39. The highest BCUT2D eigenvalue weighted by atomic mass is 32.2. The Bertz CT molecular complexity index is 789. The van der Waals surface area contributed by atoms with Gasteiger partial charge in [-0.1, -0.05) is 23.9 Å². The summed E-state index contributed by atoms with van der Waals surface area (Å²) in [5.41, 5.74) is 0.740. The zero-order valence-electron chi connectivity index (χ0n) is 13.8. The number of benzene rings is 1. The number of anilines is 1. The number of aromatic nitrogens is 4.